The topological polar surface area (TPSA) is 54.9 Å². The minimum Gasteiger partial charge on any atom is -0.279 e. The second-order valence-electron chi connectivity index (χ2n) is 3.45. The maximum Gasteiger partial charge on any atom is 0.329 e. The molecule has 100 valence electrons. The predicted octanol–water partition coefficient (Wildman–Crippen LogP) is 1.66. The number of nitrogens with zero attached hydrogens (tertiary/aromatic N) is 1. The lowest BCUT2D eigenvalue weighted by atomic mass is 10.2. The molecule has 1 aromatic heterocycles. The van der Waals surface area contributed by atoms with Gasteiger partial charge in [0.15, 0.2) is 11.6 Å². The first-order valence-electron chi connectivity index (χ1n) is 5.82. The van der Waals surface area contributed by atoms with Crippen molar-refractivity contribution in [1.29, 1.82) is 0 Å². The average molecular weight is 293 g/mol. The largest absolute Gasteiger partial charge is 0.329 e. The van der Waals surface area contributed by atoms with E-state index in [9.17, 15) is 22.8 Å². The number of halogens is 4. The molecule has 0 saturated carbocycles. The van der Waals surface area contributed by atoms with Crippen LogP contribution >= 0.6 is 11.6 Å². The van der Waals surface area contributed by atoms with Gasteiger partial charge in [-0.3, -0.25) is 14.3 Å². The standard InChI is InChI=1S/C11H6ClF3N2O2/c12-9-3-10(18)16-11(19)17(9)4-5-1-7(14)8(15)2-6(5)13/h1-3H,4H2,(H,16,18,19)/i4D2. The lowest BCUT2D eigenvalue weighted by Crippen LogP contribution is -2.30. The molecule has 2 rings (SSSR count). The maximum atomic E-state index is 13.7. The third kappa shape index (κ3) is 2.70. The van der Waals surface area contributed by atoms with Gasteiger partial charge >= 0.3 is 5.69 Å². The first-order chi connectivity index (χ1) is 9.64. The summed E-state index contributed by atoms with van der Waals surface area (Å²) in [6.07, 6.45) is 0. The van der Waals surface area contributed by atoms with Gasteiger partial charge in [0.2, 0.25) is 0 Å². The van der Waals surface area contributed by atoms with E-state index in [2.05, 4.69) is 0 Å². The molecule has 0 aliphatic rings. The molecule has 19 heavy (non-hydrogen) atoms. The van der Waals surface area contributed by atoms with Crippen LogP contribution in [0.1, 0.15) is 8.30 Å². The molecule has 0 amide bonds. The summed E-state index contributed by atoms with van der Waals surface area (Å²) >= 11 is 5.61. The van der Waals surface area contributed by atoms with Gasteiger partial charge in [0.05, 0.1) is 9.24 Å². The van der Waals surface area contributed by atoms with Crippen LogP contribution in [0.5, 0.6) is 0 Å². The number of aromatic nitrogens is 2. The van der Waals surface area contributed by atoms with Crippen LogP contribution in [0.2, 0.25) is 5.15 Å². The molecule has 0 bridgehead atoms. The van der Waals surface area contributed by atoms with E-state index >= 15 is 0 Å². The van der Waals surface area contributed by atoms with Gasteiger partial charge in [-0.2, -0.15) is 0 Å². The molecule has 0 unspecified atom stereocenters. The van der Waals surface area contributed by atoms with Gasteiger partial charge < -0.3 is 0 Å². The molecule has 0 radical (unpaired) electrons. The number of aromatic amines is 1. The Balaban J connectivity index is 2.77. The summed E-state index contributed by atoms with van der Waals surface area (Å²) in [5.74, 6) is -4.41. The smallest absolute Gasteiger partial charge is 0.279 e. The summed E-state index contributed by atoms with van der Waals surface area (Å²) in [6, 6.07) is 1.12. The van der Waals surface area contributed by atoms with E-state index in [0.29, 0.717) is 6.07 Å². The van der Waals surface area contributed by atoms with Crippen molar-refractivity contribution >= 4 is 11.6 Å². The zero-order valence-electron chi connectivity index (χ0n) is 11.0. The van der Waals surface area contributed by atoms with E-state index < -0.39 is 45.9 Å². The summed E-state index contributed by atoms with van der Waals surface area (Å²) in [7, 11) is 0. The summed E-state index contributed by atoms with van der Waals surface area (Å²) in [5.41, 5.74) is -3.10. The number of hydrogen-bond donors (Lipinski definition) is 1. The Labute approximate surface area is 111 Å². The highest BCUT2D eigenvalue weighted by Gasteiger charge is 2.12. The van der Waals surface area contributed by atoms with E-state index in [1.807, 2.05) is 0 Å². The maximum absolute atomic E-state index is 13.7. The quantitative estimate of drug-likeness (QED) is 0.676. The third-order valence-corrected chi connectivity index (χ3v) is 2.42. The minimum atomic E-state index is -2.95. The Morgan fingerprint density at radius 3 is 2.42 bits per heavy atom. The van der Waals surface area contributed by atoms with Gasteiger partial charge in [0.25, 0.3) is 5.56 Å². The Bertz CT molecular complexity index is 835. The fourth-order valence-electron chi connectivity index (χ4n) is 1.30. The van der Waals surface area contributed by atoms with E-state index in [1.165, 1.54) is 0 Å². The molecule has 0 fully saturated rings. The number of H-pyrrole nitrogens is 1. The third-order valence-electron chi connectivity index (χ3n) is 2.14. The van der Waals surface area contributed by atoms with Crippen molar-refractivity contribution in [2.24, 2.45) is 0 Å². The number of rotatable bonds is 2. The van der Waals surface area contributed by atoms with E-state index in [-0.39, 0.29) is 16.7 Å². The summed E-state index contributed by atoms with van der Waals surface area (Å²) < 4.78 is 55.5. The van der Waals surface area contributed by atoms with Crippen molar-refractivity contribution in [3.05, 3.63) is 67.2 Å². The van der Waals surface area contributed by atoms with Crippen LogP contribution in [0.15, 0.2) is 27.8 Å². The van der Waals surface area contributed by atoms with Crippen LogP contribution in [-0.4, -0.2) is 9.55 Å². The average Bonchev–Trinajstić information content (AvgIpc) is 2.31. The summed E-state index contributed by atoms with van der Waals surface area (Å²) in [6.45, 7) is -2.95. The first-order valence-corrected chi connectivity index (χ1v) is 5.20. The number of nitrogens with one attached hydrogen (secondary N) is 1. The lowest BCUT2D eigenvalue weighted by Gasteiger charge is -2.08. The molecule has 2 aromatic rings. The number of hydrogen-bond acceptors (Lipinski definition) is 2. The molecule has 0 atom stereocenters. The molecule has 0 aliphatic heterocycles. The molecule has 1 N–H and O–H groups in total. The molecule has 4 nitrogen and oxygen atoms in total. The lowest BCUT2D eigenvalue weighted by molar-refractivity contribution is 0.487. The minimum absolute atomic E-state index is 0.146. The van der Waals surface area contributed by atoms with E-state index in [4.69, 9.17) is 14.3 Å². The van der Waals surface area contributed by atoms with Gasteiger partial charge in [-0.15, -0.1) is 0 Å². The fraction of sp³-hybridized carbons (Fsp3) is 0.0909. The second-order valence-corrected chi connectivity index (χ2v) is 3.84. The van der Waals surface area contributed by atoms with Gasteiger partial charge in [0.1, 0.15) is 11.0 Å². The van der Waals surface area contributed by atoms with Crippen LogP contribution in [0, 0.1) is 17.5 Å². The van der Waals surface area contributed by atoms with Crippen LogP contribution in [0.25, 0.3) is 0 Å². The van der Waals surface area contributed by atoms with Crippen molar-refractivity contribution < 1.29 is 15.9 Å². The Morgan fingerprint density at radius 2 is 1.79 bits per heavy atom. The van der Waals surface area contributed by atoms with E-state index in [0.717, 1.165) is 0 Å². The molecule has 8 heteroatoms. The van der Waals surface area contributed by atoms with Crippen molar-refractivity contribution in [3.8, 4) is 0 Å². The predicted molar refractivity (Wildman–Crippen MR) is 61.8 cm³/mol. The monoisotopic (exact) mass is 292 g/mol. The van der Waals surface area contributed by atoms with Crippen LogP contribution in [-0.2, 0) is 6.50 Å². The van der Waals surface area contributed by atoms with Crippen molar-refractivity contribution in [2.75, 3.05) is 0 Å². The van der Waals surface area contributed by atoms with Gasteiger partial charge in [0, 0.05) is 17.7 Å². The first kappa shape index (κ1) is 10.9. The van der Waals surface area contributed by atoms with Crippen molar-refractivity contribution in [1.82, 2.24) is 9.55 Å². The summed E-state index contributed by atoms with van der Waals surface area (Å²) in [4.78, 5) is 24.4. The van der Waals surface area contributed by atoms with Crippen molar-refractivity contribution in [3.63, 3.8) is 0 Å². The fourth-order valence-corrected chi connectivity index (χ4v) is 1.52. The zero-order chi connectivity index (χ0) is 15.9. The van der Waals surface area contributed by atoms with Gasteiger partial charge in [-0.1, -0.05) is 11.6 Å². The molecule has 0 spiro atoms. The Morgan fingerprint density at radius 1 is 1.16 bits per heavy atom. The van der Waals surface area contributed by atoms with E-state index in [1.54, 1.807) is 4.98 Å². The highest BCUT2D eigenvalue weighted by molar-refractivity contribution is 6.29. The summed E-state index contributed by atoms with van der Waals surface area (Å²) in [5, 5.41) is -0.627. The molecule has 1 aromatic carbocycles. The molecular formula is C11H6ClF3N2O2. The molecule has 1 heterocycles. The van der Waals surface area contributed by atoms with Crippen LogP contribution < -0.4 is 11.2 Å². The van der Waals surface area contributed by atoms with Gasteiger partial charge in [-0.25, -0.2) is 18.0 Å². The molecular weight excluding hydrogens is 285 g/mol. The zero-order valence-corrected chi connectivity index (χ0v) is 9.76. The highest BCUT2D eigenvalue weighted by atomic mass is 35.5. The molecule has 0 saturated heterocycles. The Hall–Kier alpha value is -2.02. The highest BCUT2D eigenvalue weighted by Crippen LogP contribution is 2.15. The SMILES string of the molecule is [2H]C([2H])(c1cc(F)c(F)cc1F)n1c(Cl)cc(=O)[nH]c1=O. The normalized spacial score (nSPS) is 13.1. The van der Waals surface area contributed by atoms with Gasteiger partial charge in [-0.05, 0) is 6.07 Å². The molecule has 0 aliphatic carbocycles. The second kappa shape index (κ2) is 4.93. The van der Waals surface area contributed by atoms with Crippen LogP contribution in [0.4, 0.5) is 13.2 Å². The van der Waals surface area contributed by atoms with Crippen molar-refractivity contribution in [2.45, 2.75) is 6.50 Å². The number of benzene rings is 1. The van der Waals surface area contributed by atoms with Crippen LogP contribution in [0.3, 0.4) is 0 Å². The Kier molecular flexibility index (Phi) is 2.82.